The van der Waals surface area contributed by atoms with Gasteiger partial charge in [-0.15, -0.1) is 0 Å². The molecule has 0 bridgehead atoms. The second-order valence-electron chi connectivity index (χ2n) is 13.6. The predicted molar refractivity (Wildman–Crippen MR) is 195 cm³/mol. The SMILES string of the molecule is CCCCCC=CCCCCCN(CCO)CCN(CCCCCCCCCCCC)CCCCCCCCCCCC. The molecule has 0 radical (unpaired) electrons. The Labute approximate surface area is 273 Å². The number of unbranched alkanes of at least 4 members (excludes halogenated alkanes) is 24. The number of allylic oxidation sites excluding steroid dienone is 2. The monoisotopic (exact) mass is 607 g/mol. The first kappa shape index (κ1) is 42.6. The third kappa shape index (κ3) is 34.3. The van der Waals surface area contributed by atoms with Crippen molar-refractivity contribution in [2.24, 2.45) is 0 Å². The molecule has 0 spiro atoms. The van der Waals surface area contributed by atoms with Gasteiger partial charge in [-0.2, -0.15) is 0 Å². The van der Waals surface area contributed by atoms with Crippen molar-refractivity contribution in [1.29, 1.82) is 0 Å². The topological polar surface area (TPSA) is 26.7 Å². The van der Waals surface area contributed by atoms with Crippen molar-refractivity contribution >= 4 is 0 Å². The largest absolute Gasteiger partial charge is 0.395 e. The van der Waals surface area contributed by atoms with Gasteiger partial charge in [0.2, 0.25) is 0 Å². The van der Waals surface area contributed by atoms with Crippen molar-refractivity contribution in [3.63, 3.8) is 0 Å². The van der Waals surface area contributed by atoms with Crippen LogP contribution in [0.4, 0.5) is 0 Å². The molecule has 0 saturated carbocycles. The van der Waals surface area contributed by atoms with Gasteiger partial charge in [-0.05, 0) is 64.6 Å². The molecule has 3 heteroatoms. The van der Waals surface area contributed by atoms with Gasteiger partial charge in [0.25, 0.3) is 0 Å². The van der Waals surface area contributed by atoms with Gasteiger partial charge in [-0.25, -0.2) is 0 Å². The molecular formula is C40H82N2O. The number of aliphatic hydroxyl groups excluding tert-OH is 1. The number of aliphatic hydroxyl groups is 1. The van der Waals surface area contributed by atoms with Gasteiger partial charge in [0.15, 0.2) is 0 Å². The minimum absolute atomic E-state index is 0.289. The Morgan fingerprint density at radius 3 is 0.977 bits per heavy atom. The highest BCUT2D eigenvalue weighted by atomic mass is 16.3. The van der Waals surface area contributed by atoms with Gasteiger partial charge < -0.3 is 10.0 Å². The quantitative estimate of drug-likeness (QED) is 0.0563. The summed E-state index contributed by atoms with van der Waals surface area (Å²) in [5.74, 6) is 0. The molecule has 0 rings (SSSR count). The van der Waals surface area contributed by atoms with Crippen LogP contribution in [0.5, 0.6) is 0 Å². The molecule has 0 amide bonds. The Hall–Kier alpha value is -0.380. The van der Waals surface area contributed by atoms with Gasteiger partial charge in [0, 0.05) is 19.6 Å². The van der Waals surface area contributed by atoms with Crippen LogP contribution in [0, 0.1) is 0 Å². The summed E-state index contributed by atoms with van der Waals surface area (Å²) in [6, 6.07) is 0. The normalized spacial score (nSPS) is 12.0. The van der Waals surface area contributed by atoms with E-state index >= 15 is 0 Å². The van der Waals surface area contributed by atoms with E-state index in [1.165, 1.54) is 199 Å². The molecule has 0 heterocycles. The van der Waals surface area contributed by atoms with E-state index in [1.807, 2.05) is 0 Å². The third-order valence-corrected chi connectivity index (χ3v) is 9.29. The Bertz CT molecular complexity index is 499. The standard InChI is InChI=1S/C40H82N2O/c1-4-7-10-13-16-19-22-25-28-31-34-41(35-32-29-26-23-20-17-14-11-8-5-2)37-38-42(39-40-43)36-33-30-27-24-21-18-15-12-9-6-3/h18,21,43H,4-17,19-20,22-40H2,1-3H3. The molecular weight excluding hydrogens is 524 g/mol. The molecule has 0 aromatic carbocycles. The lowest BCUT2D eigenvalue weighted by Gasteiger charge is -2.27. The Morgan fingerprint density at radius 2 is 0.605 bits per heavy atom. The molecule has 0 atom stereocenters. The maximum atomic E-state index is 9.71. The summed E-state index contributed by atoms with van der Waals surface area (Å²) in [5.41, 5.74) is 0. The fourth-order valence-electron chi connectivity index (χ4n) is 6.26. The smallest absolute Gasteiger partial charge is 0.0558 e. The van der Waals surface area contributed by atoms with Crippen LogP contribution >= 0.6 is 0 Å². The molecule has 3 nitrogen and oxygen atoms in total. The minimum atomic E-state index is 0.289. The highest BCUT2D eigenvalue weighted by Crippen LogP contribution is 2.13. The number of hydrogen-bond acceptors (Lipinski definition) is 3. The van der Waals surface area contributed by atoms with Crippen molar-refractivity contribution in [2.75, 3.05) is 45.9 Å². The van der Waals surface area contributed by atoms with Gasteiger partial charge in [-0.3, -0.25) is 4.90 Å². The molecule has 43 heavy (non-hydrogen) atoms. The van der Waals surface area contributed by atoms with E-state index in [2.05, 4.69) is 42.7 Å². The second kappa shape index (κ2) is 37.8. The van der Waals surface area contributed by atoms with Crippen LogP contribution in [0.1, 0.15) is 201 Å². The van der Waals surface area contributed by atoms with Crippen LogP contribution < -0.4 is 0 Å². The van der Waals surface area contributed by atoms with Crippen LogP contribution in [0.15, 0.2) is 12.2 Å². The molecule has 0 fully saturated rings. The number of rotatable bonds is 37. The summed E-state index contributed by atoms with van der Waals surface area (Å²) in [6.45, 7) is 14.0. The van der Waals surface area contributed by atoms with Crippen molar-refractivity contribution < 1.29 is 5.11 Å². The molecule has 0 aromatic heterocycles. The van der Waals surface area contributed by atoms with Crippen LogP contribution in [-0.2, 0) is 0 Å². The summed E-state index contributed by atoms with van der Waals surface area (Å²) < 4.78 is 0. The number of hydrogen-bond donors (Lipinski definition) is 1. The average Bonchev–Trinajstić information content (AvgIpc) is 3.01. The van der Waals surface area contributed by atoms with Crippen molar-refractivity contribution in [2.45, 2.75) is 201 Å². The van der Waals surface area contributed by atoms with E-state index in [4.69, 9.17) is 0 Å². The van der Waals surface area contributed by atoms with Gasteiger partial charge in [0.05, 0.1) is 6.61 Å². The van der Waals surface area contributed by atoms with Crippen LogP contribution in [-0.4, -0.2) is 60.8 Å². The van der Waals surface area contributed by atoms with Crippen LogP contribution in [0.3, 0.4) is 0 Å². The molecule has 0 aromatic rings. The highest BCUT2D eigenvalue weighted by molar-refractivity contribution is 4.81. The maximum absolute atomic E-state index is 9.71. The molecule has 0 aliphatic rings. The van der Waals surface area contributed by atoms with Gasteiger partial charge in [0.1, 0.15) is 0 Å². The zero-order chi connectivity index (χ0) is 31.3. The summed E-state index contributed by atoms with van der Waals surface area (Å²) >= 11 is 0. The third-order valence-electron chi connectivity index (χ3n) is 9.29. The Balaban J connectivity index is 4.30. The molecule has 258 valence electrons. The molecule has 0 aliphatic heterocycles. The predicted octanol–water partition coefficient (Wildman–Crippen LogP) is 12.1. The second-order valence-corrected chi connectivity index (χ2v) is 13.6. The lowest BCUT2D eigenvalue weighted by molar-refractivity contribution is 0.163. The maximum Gasteiger partial charge on any atom is 0.0558 e. The molecule has 0 aliphatic carbocycles. The lowest BCUT2D eigenvalue weighted by atomic mass is 10.1. The average molecular weight is 607 g/mol. The van der Waals surface area contributed by atoms with Crippen molar-refractivity contribution in [1.82, 2.24) is 9.80 Å². The summed E-state index contributed by atoms with van der Waals surface area (Å²) in [7, 11) is 0. The zero-order valence-electron chi connectivity index (χ0n) is 30.2. The van der Waals surface area contributed by atoms with Crippen LogP contribution in [0.2, 0.25) is 0 Å². The molecule has 1 N–H and O–H groups in total. The van der Waals surface area contributed by atoms with Gasteiger partial charge >= 0.3 is 0 Å². The summed E-state index contributed by atoms with van der Waals surface area (Å²) in [5, 5.41) is 9.71. The first-order valence-corrected chi connectivity index (χ1v) is 20.0. The minimum Gasteiger partial charge on any atom is -0.395 e. The van der Waals surface area contributed by atoms with E-state index < -0.39 is 0 Å². The van der Waals surface area contributed by atoms with Gasteiger partial charge in [-0.1, -0.05) is 168 Å². The zero-order valence-corrected chi connectivity index (χ0v) is 30.2. The number of nitrogens with zero attached hydrogens (tertiary/aromatic N) is 2. The highest BCUT2D eigenvalue weighted by Gasteiger charge is 2.09. The Morgan fingerprint density at radius 1 is 0.326 bits per heavy atom. The van der Waals surface area contributed by atoms with Crippen LogP contribution in [0.25, 0.3) is 0 Å². The van der Waals surface area contributed by atoms with E-state index in [0.717, 1.165) is 19.6 Å². The van der Waals surface area contributed by atoms with E-state index in [1.54, 1.807) is 0 Å². The summed E-state index contributed by atoms with van der Waals surface area (Å²) in [6.07, 6.45) is 43.5. The molecule has 0 unspecified atom stereocenters. The Kier molecular flexibility index (Phi) is 37.5. The fourth-order valence-corrected chi connectivity index (χ4v) is 6.26. The fraction of sp³-hybridized carbons (Fsp3) is 0.950. The lowest BCUT2D eigenvalue weighted by Crippen LogP contribution is -2.38. The van der Waals surface area contributed by atoms with E-state index in [0.29, 0.717) is 0 Å². The first-order valence-electron chi connectivity index (χ1n) is 20.0. The van der Waals surface area contributed by atoms with Crippen molar-refractivity contribution in [3.05, 3.63) is 12.2 Å². The summed E-state index contributed by atoms with van der Waals surface area (Å²) in [4.78, 5) is 5.30. The van der Waals surface area contributed by atoms with Crippen molar-refractivity contribution in [3.8, 4) is 0 Å². The molecule has 0 saturated heterocycles. The van der Waals surface area contributed by atoms with E-state index in [9.17, 15) is 5.11 Å². The first-order chi connectivity index (χ1) is 21.3. The van der Waals surface area contributed by atoms with E-state index in [-0.39, 0.29) is 6.61 Å².